The maximum absolute atomic E-state index is 12.2. The number of nitrogens with one attached hydrogen (secondary N) is 1. The van der Waals surface area contributed by atoms with Crippen molar-refractivity contribution in [3.63, 3.8) is 0 Å². The van der Waals surface area contributed by atoms with E-state index in [-0.39, 0.29) is 17.9 Å². The number of carbonyl (C=O) groups excluding carboxylic acids is 1. The van der Waals surface area contributed by atoms with Crippen LogP contribution in [-0.4, -0.2) is 22.1 Å². The van der Waals surface area contributed by atoms with Crippen molar-refractivity contribution in [3.05, 3.63) is 76.3 Å². The number of ether oxygens (including phenoxy) is 1. The summed E-state index contributed by atoms with van der Waals surface area (Å²) in [6.07, 6.45) is 3.70. The zero-order valence-electron chi connectivity index (χ0n) is 17.2. The van der Waals surface area contributed by atoms with Crippen LogP contribution in [0.2, 0.25) is 0 Å². The van der Waals surface area contributed by atoms with E-state index in [4.69, 9.17) is 4.74 Å². The highest BCUT2D eigenvalue weighted by atomic mass is 79.9. The zero-order chi connectivity index (χ0) is 21.0. The number of aromatic nitrogens is 2. The average Bonchev–Trinajstić information content (AvgIpc) is 3.11. The monoisotopic (exact) mass is 455 g/mol. The SMILES string of the molecule is Cc1nccn1-c1ccc(CNC(=O)COc2ccc(C(C)(C)C)cc2Br)cc1. The molecule has 1 amide bonds. The van der Waals surface area contributed by atoms with Gasteiger partial charge in [0.15, 0.2) is 6.61 Å². The molecule has 3 aromatic rings. The summed E-state index contributed by atoms with van der Waals surface area (Å²) in [7, 11) is 0. The van der Waals surface area contributed by atoms with Crippen LogP contribution in [0.15, 0.2) is 59.3 Å². The van der Waals surface area contributed by atoms with Crippen LogP contribution in [0.25, 0.3) is 5.69 Å². The Hall–Kier alpha value is -2.60. The normalized spacial score (nSPS) is 11.3. The van der Waals surface area contributed by atoms with E-state index in [9.17, 15) is 4.79 Å². The number of halogens is 1. The maximum atomic E-state index is 12.2. The van der Waals surface area contributed by atoms with E-state index in [1.807, 2.05) is 60.2 Å². The van der Waals surface area contributed by atoms with Crippen molar-refractivity contribution in [2.75, 3.05) is 6.61 Å². The Morgan fingerprint density at radius 2 is 1.90 bits per heavy atom. The third-order valence-corrected chi connectivity index (χ3v) is 5.31. The molecule has 6 heteroatoms. The second-order valence-corrected chi connectivity index (χ2v) is 8.83. The molecular weight excluding hydrogens is 430 g/mol. The standard InChI is InChI=1S/C23H26BrN3O2/c1-16-25-11-12-27(16)19-8-5-17(6-9-19)14-26-22(28)15-29-21-10-7-18(13-20(21)24)23(2,3)4/h5-13H,14-15H2,1-4H3,(H,26,28). The van der Waals surface area contributed by atoms with Crippen molar-refractivity contribution in [2.45, 2.75) is 39.7 Å². The second kappa shape index (κ2) is 8.82. The van der Waals surface area contributed by atoms with Crippen LogP contribution in [0.4, 0.5) is 0 Å². The summed E-state index contributed by atoms with van der Waals surface area (Å²) in [5.74, 6) is 1.43. The quantitative estimate of drug-likeness (QED) is 0.572. The van der Waals surface area contributed by atoms with Crippen LogP contribution in [0.5, 0.6) is 5.75 Å². The first-order valence-corrected chi connectivity index (χ1v) is 10.3. The van der Waals surface area contributed by atoms with Crippen molar-refractivity contribution in [1.29, 1.82) is 0 Å². The van der Waals surface area contributed by atoms with Gasteiger partial charge in [-0.1, -0.05) is 39.0 Å². The highest BCUT2D eigenvalue weighted by molar-refractivity contribution is 9.10. The number of benzene rings is 2. The first-order valence-electron chi connectivity index (χ1n) is 9.53. The van der Waals surface area contributed by atoms with E-state index < -0.39 is 0 Å². The van der Waals surface area contributed by atoms with Gasteiger partial charge in [-0.2, -0.15) is 0 Å². The van der Waals surface area contributed by atoms with Crippen LogP contribution in [0.3, 0.4) is 0 Å². The molecule has 0 saturated carbocycles. The average molecular weight is 456 g/mol. The van der Waals surface area contributed by atoms with Crippen LogP contribution in [0.1, 0.15) is 37.7 Å². The summed E-state index contributed by atoms with van der Waals surface area (Å²) >= 11 is 3.53. The van der Waals surface area contributed by atoms with Gasteiger partial charge in [0.2, 0.25) is 0 Å². The van der Waals surface area contributed by atoms with Crippen LogP contribution < -0.4 is 10.1 Å². The number of carbonyl (C=O) groups is 1. The molecule has 0 atom stereocenters. The van der Waals surface area contributed by atoms with Crippen LogP contribution in [0, 0.1) is 6.92 Å². The number of rotatable bonds is 6. The van der Waals surface area contributed by atoms with E-state index >= 15 is 0 Å². The number of imidazole rings is 1. The molecule has 1 N–H and O–H groups in total. The van der Waals surface area contributed by atoms with Gasteiger partial charge >= 0.3 is 0 Å². The Balaban J connectivity index is 1.51. The molecule has 0 fully saturated rings. The molecule has 0 radical (unpaired) electrons. The van der Waals surface area contributed by atoms with Crippen molar-refractivity contribution in [1.82, 2.24) is 14.9 Å². The second-order valence-electron chi connectivity index (χ2n) is 7.97. The molecule has 5 nitrogen and oxygen atoms in total. The van der Waals surface area contributed by atoms with Gasteiger partial charge < -0.3 is 14.6 Å². The maximum Gasteiger partial charge on any atom is 0.258 e. The number of nitrogens with zero attached hydrogens (tertiary/aromatic N) is 2. The third-order valence-electron chi connectivity index (χ3n) is 4.69. The summed E-state index contributed by atoms with van der Waals surface area (Å²) in [6, 6.07) is 14.0. The molecule has 1 heterocycles. The van der Waals surface area contributed by atoms with Gasteiger partial charge in [-0.05, 0) is 63.7 Å². The fraction of sp³-hybridized carbons (Fsp3) is 0.304. The third kappa shape index (κ3) is 5.48. The van der Waals surface area contributed by atoms with E-state index in [2.05, 4.69) is 47.0 Å². The Labute approximate surface area is 180 Å². The Morgan fingerprint density at radius 1 is 1.17 bits per heavy atom. The van der Waals surface area contributed by atoms with Gasteiger partial charge in [-0.15, -0.1) is 0 Å². The van der Waals surface area contributed by atoms with Gasteiger partial charge in [-0.25, -0.2) is 4.98 Å². The Bertz CT molecular complexity index is 988. The number of aryl methyl sites for hydroxylation is 1. The van der Waals surface area contributed by atoms with E-state index in [0.29, 0.717) is 12.3 Å². The molecule has 0 bridgehead atoms. The fourth-order valence-electron chi connectivity index (χ4n) is 2.90. The minimum absolute atomic E-state index is 0.0280. The molecular formula is C23H26BrN3O2. The van der Waals surface area contributed by atoms with Gasteiger partial charge in [-0.3, -0.25) is 4.79 Å². The highest BCUT2D eigenvalue weighted by Crippen LogP contribution is 2.31. The largest absolute Gasteiger partial charge is 0.483 e. The van der Waals surface area contributed by atoms with E-state index in [1.165, 1.54) is 5.56 Å². The van der Waals surface area contributed by atoms with Crippen molar-refractivity contribution >= 4 is 21.8 Å². The summed E-state index contributed by atoms with van der Waals surface area (Å²) < 4.78 is 8.53. The molecule has 0 saturated heterocycles. The lowest BCUT2D eigenvalue weighted by Crippen LogP contribution is -2.28. The number of amides is 1. The van der Waals surface area contributed by atoms with Crippen LogP contribution >= 0.6 is 15.9 Å². The predicted molar refractivity (Wildman–Crippen MR) is 118 cm³/mol. The topological polar surface area (TPSA) is 56.2 Å². The minimum Gasteiger partial charge on any atom is -0.483 e. The lowest BCUT2D eigenvalue weighted by Gasteiger charge is -2.20. The molecule has 0 aliphatic carbocycles. The molecule has 0 aliphatic heterocycles. The molecule has 0 spiro atoms. The van der Waals surface area contributed by atoms with E-state index in [1.54, 1.807) is 6.20 Å². The molecule has 0 unspecified atom stereocenters. The molecule has 29 heavy (non-hydrogen) atoms. The summed E-state index contributed by atoms with van der Waals surface area (Å²) in [5.41, 5.74) is 3.33. The van der Waals surface area contributed by atoms with Gasteiger partial charge in [0.1, 0.15) is 11.6 Å². The lowest BCUT2D eigenvalue weighted by atomic mass is 9.87. The van der Waals surface area contributed by atoms with E-state index in [0.717, 1.165) is 21.5 Å². The van der Waals surface area contributed by atoms with Crippen LogP contribution in [-0.2, 0) is 16.8 Å². The number of hydrogen-bond acceptors (Lipinski definition) is 3. The Kier molecular flexibility index (Phi) is 6.42. The summed E-state index contributed by atoms with van der Waals surface area (Å²) in [6.45, 7) is 8.86. The minimum atomic E-state index is -0.161. The van der Waals surface area contributed by atoms with Gasteiger partial charge in [0.25, 0.3) is 5.91 Å². The predicted octanol–water partition coefficient (Wildman–Crippen LogP) is 4.94. The molecule has 152 valence electrons. The summed E-state index contributed by atoms with van der Waals surface area (Å²) in [5, 5.41) is 2.89. The van der Waals surface area contributed by atoms with Gasteiger partial charge in [0, 0.05) is 24.6 Å². The first-order chi connectivity index (χ1) is 13.7. The molecule has 0 aliphatic rings. The zero-order valence-corrected chi connectivity index (χ0v) is 18.8. The van der Waals surface area contributed by atoms with Gasteiger partial charge in [0.05, 0.1) is 4.47 Å². The highest BCUT2D eigenvalue weighted by Gasteiger charge is 2.15. The summed E-state index contributed by atoms with van der Waals surface area (Å²) in [4.78, 5) is 16.4. The van der Waals surface area contributed by atoms with Crippen molar-refractivity contribution < 1.29 is 9.53 Å². The molecule has 3 rings (SSSR count). The molecule has 2 aromatic carbocycles. The number of hydrogen-bond donors (Lipinski definition) is 1. The van der Waals surface area contributed by atoms with Crippen molar-refractivity contribution in [3.8, 4) is 11.4 Å². The fourth-order valence-corrected chi connectivity index (χ4v) is 3.40. The smallest absolute Gasteiger partial charge is 0.258 e. The lowest BCUT2D eigenvalue weighted by molar-refractivity contribution is -0.123. The van der Waals surface area contributed by atoms with Crippen molar-refractivity contribution in [2.24, 2.45) is 0 Å². The first kappa shape index (κ1) is 21.1. The molecule has 1 aromatic heterocycles. The Morgan fingerprint density at radius 3 is 2.48 bits per heavy atom.